The van der Waals surface area contributed by atoms with Gasteiger partial charge in [-0.25, -0.2) is 0 Å². The molecule has 0 fully saturated rings. The molecule has 0 bridgehead atoms. The van der Waals surface area contributed by atoms with Crippen molar-refractivity contribution in [2.75, 3.05) is 4.90 Å². The standard InChI is InChI=1S/C60H51N/c1-57(2)33-34-58(3,4)54-37-51-46(36-53(54)57)56-50(59(51,5)6)25-16-26-55(56)61(40-29-27-39(28-30-40)38-17-8-7-9-18-38)41-31-32-45-44-21-12-15-24-49(44)60(52(45)35-41)47-22-13-10-19-42(47)43-20-11-14-23-48(43)60/h7-32,35-37H,33-34H2,1-6H3. The van der Waals surface area contributed by atoms with E-state index in [1.165, 1.54) is 113 Å². The van der Waals surface area contributed by atoms with Gasteiger partial charge in [-0.2, -0.15) is 0 Å². The smallest absolute Gasteiger partial charge is 0.0726 e. The van der Waals surface area contributed by atoms with Crippen LogP contribution in [0.3, 0.4) is 0 Å². The van der Waals surface area contributed by atoms with Gasteiger partial charge in [-0.3, -0.25) is 0 Å². The number of fused-ring (bicyclic) bond motifs is 14. The van der Waals surface area contributed by atoms with Gasteiger partial charge < -0.3 is 4.90 Å². The lowest BCUT2D eigenvalue weighted by atomic mass is 9.62. The summed E-state index contributed by atoms with van der Waals surface area (Å²) in [4.78, 5) is 2.57. The molecule has 8 aromatic rings. The monoisotopic (exact) mass is 785 g/mol. The van der Waals surface area contributed by atoms with E-state index in [0.29, 0.717) is 0 Å². The van der Waals surface area contributed by atoms with E-state index in [0.717, 1.165) is 5.69 Å². The highest BCUT2D eigenvalue weighted by atomic mass is 15.1. The molecule has 296 valence electrons. The zero-order valence-corrected chi connectivity index (χ0v) is 36.1. The second-order valence-electron chi connectivity index (χ2n) is 19.9. The van der Waals surface area contributed by atoms with Crippen LogP contribution in [-0.2, 0) is 21.7 Å². The van der Waals surface area contributed by atoms with E-state index in [-0.39, 0.29) is 16.2 Å². The molecular formula is C60H51N. The Morgan fingerprint density at radius 3 is 1.44 bits per heavy atom. The van der Waals surface area contributed by atoms with Crippen LogP contribution in [0.4, 0.5) is 17.1 Å². The number of anilines is 3. The summed E-state index contributed by atoms with van der Waals surface area (Å²) < 4.78 is 0. The first-order valence-electron chi connectivity index (χ1n) is 22.2. The van der Waals surface area contributed by atoms with Gasteiger partial charge in [0.05, 0.1) is 11.1 Å². The topological polar surface area (TPSA) is 3.24 Å². The average Bonchev–Trinajstić information content (AvgIpc) is 3.84. The van der Waals surface area contributed by atoms with Crippen LogP contribution in [0.25, 0.3) is 44.5 Å². The molecule has 4 aliphatic rings. The maximum Gasteiger partial charge on any atom is 0.0726 e. The second kappa shape index (κ2) is 12.6. The van der Waals surface area contributed by atoms with E-state index in [9.17, 15) is 0 Å². The Hall–Kier alpha value is -6.44. The van der Waals surface area contributed by atoms with Crippen molar-refractivity contribution in [3.63, 3.8) is 0 Å². The summed E-state index contributed by atoms with van der Waals surface area (Å²) in [6.45, 7) is 14.7. The van der Waals surface area contributed by atoms with Gasteiger partial charge in [-0.15, -0.1) is 0 Å². The quantitative estimate of drug-likeness (QED) is 0.172. The molecular weight excluding hydrogens is 735 g/mol. The fourth-order valence-corrected chi connectivity index (χ4v) is 12.1. The zero-order chi connectivity index (χ0) is 41.5. The minimum atomic E-state index is -0.428. The number of benzene rings is 8. The number of rotatable bonds is 4. The molecule has 0 saturated heterocycles. The molecule has 0 radical (unpaired) electrons. The highest BCUT2D eigenvalue weighted by Gasteiger charge is 2.52. The predicted octanol–water partition coefficient (Wildman–Crippen LogP) is 15.8. The molecule has 8 aromatic carbocycles. The molecule has 0 atom stereocenters. The van der Waals surface area contributed by atoms with Crippen LogP contribution in [-0.4, -0.2) is 0 Å². The Bertz CT molecular complexity index is 3040. The molecule has 4 aliphatic carbocycles. The van der Waals surface area contributed by atoms with Crippen LogP contribution in [0, 0.1) is 0 Å². The van der Waals surface area contributed by atoms with Crippen molar-refractivity contribution in [2.24, 2.45) is 0 Å². The number of hydrogen-bond donors (Lipinski definition) is 0. The first-order chi connectivity index (χ1) is 29.5. The van der Waals surface area contributed by atoms with Gasteiger partial charge in [0.1, 0.15) is 0 Å². The molecule has 0 amide bonds. The Labute approximate surface area is 361 Å². The van der Waals surface area contributed by atoms with Crippen LogP contribution >= 0.6 is 0 Å². The van der Waals surface area contributed by atoms with Crippen molar-refractivity contribution in [3.8, 4) is 44.5 Å². The molecule has 12 rings (SSSR count). The minimum absolute atomic E-state index is 0.103. The predicted molar refractivity (Wildman–Crippen MR) is 256 cm³/mol. The third-order valence-corrected chi connectivity index (χ3v) is 15.4. The van der Waals surface area contributed by atoms with Gasteiger partial charge in [0.15, 0.2) is 0 Å². The number of nitrogens with zero attached hydrogens (tertiary/aromatic N) is 1. The molecule has 61 heavy (non-hydrogen) atoms. The molecule has 0 N–H and O–H groups in total. The van der Waals surface area contributed by atoms with Crippen molar-refractivity contribution in [1.29, 1.82) is 0 Å². The summed E-state index contributed by atoms with van der Waals surface area (Å²) in [6.07, 6.45) is 2.39. The summed E-state index contributed by atoms with van der Waals surface area (Å²) >= 11 is 0. The lowest BCUT2D eigenvalue weighted by molar-refractivity contribution is 0.331. The lowest BCUT2D eigenvalue weighted by Gasteiger charge is -2.42. The Morgan fingerprint density at radius 1 is 0.344 bits per heavy atom. The normalized spacial score (nSPS) is 17.1. The molecule has 1 nitrogen and oxygen atoms in total. The molecule has 0 saturated carbocycles. The van der Waals surface area contributed by atoms with E-state index in [4.69, 9.17) is 0 Å². The Balaban J connectivity index is 1.13. The third kappa shape index (κ3) is 4.89. The summed E-state index contributed by atoms with van der Waals surface area (Å²) in [5.41, 5.74) is 25.0. The molecule has 0 heterocycles. The molecule has 0 aromatic heterocycles. The fraction of sp³-hybridized carbons (Fsp3) is 0.200. The van der Waals surface area contributed by atoms with Gasteiger partial charge >= 0.3 is 0 Å². The van der Waals surface area contributed by atoms with Crippen molar-refractivity contribution in [2.45, 2.75) is 76.0 Å². The maximum atomic E-state index is 2.61. The van der Waals surface area contributed by atoms with E-state index in [1.807, 2.05) is 0 Å². The van der Waals surface area contributed by atoms with E-state index < -0.39 is 5.41 Å². The van der Waals surface area contributed by atoms with Gasteiger partial charge in [0.2, 0.25) is 0 Å². The van der Waals surface area contributed by atoms with Crippen LogP contribution in [0.2, 0.25) is 0 Å². The molecule has 0 aliphatic heterocycles. The highest BCUT2D eigenvalue weighted by molar-refractivity contribution is 5.99. The van der Waals surface area contributed by atoms with Gasteiger partial charge in [0, 0.05) is 22.4 Å². The van der Waals surface area contributed by atoms with Gasteiger partial charge in [-0.1, -0.05) is 181 Å². The number of hydrogen-bond acceptors (Lipinski definition) is 1. The third-order valence-electron chi connectivity index (χ3n) is 15.4. The lowest BCUT2D eigenvalue weighted by Crippen LogP contribution is -2.34. The Kier molecular flexibility index (Phi) is 7.49. The van der Waals surface area contributed by atoms with Gasteiger partial charge in [0.25, 0.3) is 0 Å². The average molecular weight is 786 g/mol. The summed E-state index contributed by atoms with van der Waals surface area (Å²) in [5, 5.41) is 0. The minimum Gasteiger partial charge on any atom is -0.310 e. The highest BCUT2D eigenvalue weighted by Crippen LogP contribution is 2.64. The van der Waals surface area contributed by atoms with Crippen LogP contribution in [0.15, 0.2) is 176 Å². The van der Waals surface area contributed by atoms with E-state index >= 15 is 0 Å². The van der Waals surface area contributed by atoms with Crippen molar-refractivity contribution >= 4 is 17.1 Å². The SMILES string of the molecule is CC1(C)CCC(C)(C)c2cc3c(cc21)-c1c(N(c2ccc(-c4ccccc4)cc2)c2ccc4c(c2)C2(c5ccccc5-c5ccccc52)c2ccccc2-4)cccc1C3(C)C. The van der Waals surface area contributed by atoms with Crippen LogP contribution in [0.5, 0.6) is 0 Å². The Morgan fingerprint density at radius 2 is 0.836 bits per heavy atom. The fourth-order valence-electron chi connectivity index (χ4n) is 12.1. The summed E-state index contributed by atoms with van der Waals surface area (Å²) in [5.74, 6) is 0. The molecule has 1 spiro atoms. The zero-order valence-electron chi connectivity index (χ0n) is 36.1. The first kappa shape index (κ1) is 36.4. The van der Waals surface area contributed by atoms with E-state index in [2.05, 4.69) is 222 Å². The maximum absolute atomic E-state index is 2.61. The van der Waals surface area contributed by atoms with Crippen molar-refractivity contribution < 1.29 is 0 Å². The largest absolute Gasteiger partial charge is 0.310 e. The van der Waals surface area contributed by atoms with Crippen LogP contribution < -0.4 is 4.90 Å². The van der Waals surface area contributed by atoms with Crippen LogP contribution in [0.1, 0.15) is 98.9 Å². The summed E-state index contributed by atoms with van der Waals surface area (Å²) in [6, 6.07) is 67.0. The molecule has 0 unspecified atom stereocenters. The first-order valence-corrected chi connectivity index (χ1v) is 22.2. The van der Waals surface area contributed by atoms with Crippen molar-refractivity contribution in [1.82, 2.24) is 0 Å². The van der Waals surface area contributed by atoms with E-state index in [1.54, 1.807) is 0 Å². The summed E-state index contributed by atoms with van der Waals surface area (Å²) in [7, 11) is 0. The second-order valence-corrected chi connectivity index (χ2v) is 19.9. The van der Waals surface area contributed by atoms with Crippen molar-refractivity contribution in [3.05, 3.63) is 220 Å². The van der Waals surface area contributed by atoms with Gasteiger partial charge in [-0.05, 0) is 144 Å². The molecule has 1 heteroatoms.